The van der Waals surface area contributed by atoms with Gasteiger partial charge in [0, 0.05) is 21.8 Å². The van der Waals surface area contributed by atoms with Crippen LogP contribution < -0.4 is 4.73 Å². The molecule has 0 spiro atoms. The molecule has 13 heavy (non-hydrogen) atoms. The zero-order chi connectivity index (χ0) is 9.26. The number of thiol groups is 1. The van der Waals surface area contributed by atoms with Gasteiger partial charge in [-0.05, 0) is 18.2 Å². The fourth-order valence-corrected chi connectivity index (χ4v) is 1.86. The van der Waals surface area contributed by atoms with Crippen molar-refractivity contribution in [2.45, 2.75) is 4.90 Å². The van der Waals surface area contributed by atoms with E-state index in [-0.39, 0.29) is 0 Å². The largest absolute Gasteiger partial charge is 0.285 e. The Morgan fingerprint density at radius 2 is 2.15 bits per heavy atom. The lowest BCUT2D eigenvalue weighted by Crippen LogP contribution is -2.29. The van der Waals surface area contributed by atoms with E-state index in [9.17, 15) is 5.21 Å². The van der Waals surface area contributed by atoms with Gasteiger partial charge in [-0.3, -0.25) is 5.21 Å². The average molecular weight is 210 g/mol. The van der Waals surface area contributed by atoms with E-state index in [1.54, 1.807) is 12.3 Å². The number of aromatic nitrogens is 1. The first kappa shape index (κ1) is 8.72. The van der Waals surface area contributed by atoms with Crippen molar-refractivity contribution >= 4 is 33.4 Å². The van der Waals surface area contributed by atoms with Crippen molar-refractivity contribution in [1.29, 1.82) is 0 Å². The average Bonchev–Trinajstić information content (AvgIpc) is 2.18. The van der Waals surface area contributed by atoms with Crippen LogP contribution in [0.2, 0.25) is 0 Å². The molecule has 4 heteroatoms. The van der Waals surface area contributed by atoms with Crippen molar-refractivity contribution in [2.24, 2.45) is 0 Å². The molecule has 0 unspecified atom stereocenters. The highest BCUT2D eigenvalue weighted by Crippen LogP contribution is 2.23. The van der Waals surface area contributed by atoms with Crippen LogP contribution in [0.15, 0.2) is 41.4 Å². The minimum absolute atomic E-state index is 0.793. The van der Waals surface area contributed by atoms with Gasteiger partial charge in [0.25, 0.3) is 5.52 Å². The minimum Gasteiger partial charge on any atom is -0.285 e. The third-order valence-electron chi connectivity index (χ3n) is 1.86. The topological polar surface area (TPSA) is 24.1 Å². The fraction of sp³-hybridized carbons (Fsp3) is 0. The molecule has 1 aromatic carbocycles. The fourth-order valence-electron chi connectivity index (χ4n) is 1.23. The molecule has 66 valence electrons. The number of rotatable bonds is 1. The molecule has 0 saturated heterocycles. The summed E-state index contributed by atoms with van der Waals surface area (Å²) >= 11 is 4.10. The number of pyridine rings is 1. The van der Waals surface area contributed by atoms with E-state index in [1.807, 2.05) is 24.3 Å². The number of benzene rings is 1. The van der Waals surface area contributed by atoms with Crippen LogP contribution in [0.3, 0.4) is 0 Å². The lowest BCUT2D eigenvalue weighted by molar-refractivity contribution is -0.884. The zero-order valence-electron chi connectivity index (χ0n) is 6.71. The molecule has 1 N–H and O–H groups in total. The Hall–Kier alpha value is -0.870. The van der Waals surface area contributed by atoms with Crippen LogP contribution in [0, 0.1) is 0 Å². The summed E-state index contributed by atoms with van der Waals surface area (Å²) in [7, 11) is 1.36. The highest BCUT2D eigenvalue weighted by atomic mass is 33.1. The molecule has 2 nitrogen and oxygen atoms in total. The summed E-state index contributed by atoms with van der Waals surface area (Å²) in [6.07, 6.45) is 1.61. The van der Waals surface area contributed by atoms with Gasteiger partial charge in [0.05, 0.1) is 5.39 Å². The predicted octanol–water partition coefficient (Wildman–Crippen LogP) is 2.30. The SMILES string of the molecule is O[n+]1cccc2ccc(SS)cc21. The van der Waals surface area contributed by atoms with Crippen LogP contribution in [0.25, 0.3) is 10.9 Å². The van der Waals surface area contributed by atoms with Crippen molar-refractivity contribution in [2.75, 3.05) is 0 Å². The first-order valence-electron chi connectivity index (χ1n) is 3.76. The lowest BCUT2D eigenvalue weighted by atomic mass is 10.2. The first-order chi connectivity index (χ1) is 6.31. The third kappa shape index (κ3) is 1.59. The highest BCUT2D eigenvalue weighted by molar-refractivity contribution is 8.68. The molecular formula is C9H8NOS2+. The monoisotopic (exact) mass is 210 g/mol. The molecule has 1 aromatic heterocycles. The molecule has 0 atom stereocenters. The summed E-state index contributed by atoms with van der Waals surface area (Å²) in [6.45, 7) is 0. The highest BCUT2D eigenvalue weighted by Gasteiger charge is 2.06. The van der Waals surface area contributed by atoms with Crippen molar-refractivity contribution < 1.29 is 9.94 Å². The molecule has 1 heterocycles. The smallest absolute Gasteiger partial charge is 0.265 e. The van der Waals surface area contributed by atoms with Crippen LogP contribution in [0.1, 0.15) is 0 Å². The van der Waals surface area contributed by atoms with Gasteiger partial charge >= 0.3 is 0 Å². The summed E-state index contributed by atoms with van der Waals surface area (Å²) < 4.78 is 1.11. The Bertz CT molecular complexity index is 445. The summed E-state index contributed by atoms with van der Waals surface area (Å²) in [4.78, 5) is 1.02. The Kier molecular flexibility index (Phi) is 2.33. The molecule has 2 rings (SSSR count). The number of hydrogen-bond donors (Lipinski definition) is 2. The Labute approximate surface area is 85.0 Å². The standard InChI is InChI=1S/C9H7NOS2/c11-10-5-1-2-7-3-4-8(13-12)6-9(7)10/h1-6H,(H-,11,12)/p+1. The van der Waals surface area contributed by atoms with Gasteiger partial charge in [0.15, 0.2) is 0 Å². The molecular weight excluding hydrogens is 202 g/mol. The van der Waals surface area contributed by atoms with E-state index >= 15 is 0 Å². The second-order valence-corrected chi connectivity index (χ2v) is 3.87. The second-order valence-electron chi connectivity index (χ2n) is 2.66. The summed E-state index contributed by atoms with van der Waals surface area (Å²) in [5.74, 6) is 0. The Morgan fingerprint density at radius 1 is 1.31 bits per heavy atom. The maximum Gasteiger partial charge on any atom is 0.265 e. The number of fused-ring (bicyclic) bond motifs is 1. The second kappa shape index (κ2) is 3.47. The maximum absolute atomic E-state index is 9.47. The van der Waals surface area contributed by atoms with Crippen LogP contribution in [-0.4, -0.2) is 5.21 Å². The molecule has 0 amide bonds. The van der Waals surface area contributed by atoms with E-state index in [0.717, 1.165) is 20.5 Å². The van der Waals surface area contributed by atoms with Gasteiger partial charge in [0.2, 0.25) is 6.20 Å². The molecule has 0 bridgehead atoms. The summed E-state index contributed by atoms with van der Waals surface area (Å²) in [5, 5.41) is 10.5. The zero-order valence-corrected chi connectivity index (χ0v) is 8.42. The summed E-state index contributed by atoms with van der Waals surface area (Å²) in [6, 6.07) is 9.58. The molecule has 0 radical (unpaired) electrons. The van der Waals surface area contributed by atoms with Gasteiger partial charge in [-0.2, -0.15) is 0 Å². The molecule has 2 aromatic rings. The lowest BCUT2D eigenvalue weighted by Gasteiger charge is -1.95. The van der Waals surface area contributed by atoms with E-state index in [4.69, 9.17) is 0 Å². The van der Waals surface area contributed by atoms with Crippen LogP contribution in [0.5, 0.6) is 0 Å². The quantitative estimate of drug-likeness (QED) is 0.327. The van der Waals surface area contributed by atoms with Crippen molar-refractivity contribution in [3.05, 3.63) is 36.5 Å². The minimum atomic E-state index is 0.793. The van der Waals surface area contributed by atoms with Gasteiger partial charge < -0.3 is 0 Å². The van der Waals surface area contributed by atoms with Gasteiger partial charge in [-0.1, -0.05) is 10.8 Å². The van der Waals surface area contributed by atoms with Gasteiger partial charge in [-0.25, -0.2) is 0 Å². The molecule has 0 aliphatic carbocycles. The summed E-state index contributed by atoms with van der Waals surface area (Å²) in [5.41, 5.74) is 0.793. The predicted molar refractivity (Wildman–Crippen MR) is 56.2 cm³/mol. The van der Waals surface area contributed by atoms with Gasteiger partial charge in [-0.15, -0.1) is 11.7 Å². The molecule has 0 saturated carbocycles. The van der Waals surface area contributed by atoms with E-state index in [2.05, 4.69) is 11.7 Å². The molecule has 0 fully saturated rings. The Morgan fingerprint density at radius 3 is 2.92 bits per heavy atom. The van der Waals surface area contributed by atoms with E-state index in [0.29, 0.717) is 0 Å². The number of hydrogen-bond acceptors (Lipinski definition) is 3. The molecule has 0 aliphatic rings. The van der Waals surface area contributed by atoms with Crippen molar-refractivity contribution in [1.82, 2.24) is 0 Å². The van der Waals surface area contributed by atoms with Crippen LogP contribution in [-0.2, 0) is 0 Å². The number of nitrogens with zero attached hydrogens (tertiary/aromatic N) is 1. The Balaban J connectivity index is 2.74. The van der Waals surface area contributed by atoms with Gasteiger partial charge in [0.1, 0.15) is 0 Å². The van der Waals surface area contributed by atoms with E-state index < -0.39 is 0 Å². The normalized spacial score (nSPS) is 10.5. The molecule has 0 aliphatic heterocycles. The van der Waals surface area contributed by atoms with Crippen LogP contribution >= 0.6 is 22.5 Å². The van der Waals surface area contributed by atoms with E-state index in [1.165, 1.54) is 10.8 Å². The third-order valence-corrected chi connectivity index (χ3v) is 2.95. The van der Waals surface area contributed by atoms with Crippen molar-refractivity contribution in [3.63, 3.8) is 0 Å². The first-order valence-corrected chi connectivity index (χ1v) is 5.63. The maximum atomic E-state index is 9.47. The van der Waals surface area contributed by atoms with Crippen molar-refractivity contribution in [3.8, 4) is 0 Å². The van der Waals surface area contributed by atoms with Crippen LogP contribution in [0.4, 0.5) is 0 Å².